The van der Waals surface area contributed by atoms with Crippen molar-refractivity contribution in [3.05, 3.63) is 23.5 Å². The van der Waals surface area contributed by atoms with Crippen molar-refractivity contribution in [1.29, 1.82) is 0 Å². The van der Waals surface area contributed by atoms with Gasteiger partial charge < -0.3 is 5.11 Å². The second-order valence-corrected chi connectivity index (χ2v) is 4.86. The zero-order valence-corrected chi connectivity index (χ0v) is 9.00. The van der Waals surface area contributed by atoms with Crippen LogP contribution in [0.5, 0.6) is 0 Å². The molecule has 2 rings (SSSR count). The summed E-state index contributed by atoms with van der Waals surface area (Å²) < 4.78 is 0. The molecule has 1 saturated carbocycles. The van der Waals surface area contributed by atoms with E-state index in [1.807, 2.05) is 6.08 Å². The highest BCUT2D eigenvalue weighted by Gasteiger charge is 2.22. The van der Waals surface area contributed by atoms with Crippen LogP contribution in [0, 0.1) is 11.8 Å². The van der Waals surface area contributed by atoms with Gasteiger partial charge in [0, 0.05) is 6.42 Å². The summed E-state index contributed by atoms with van der Waals surface area (Å²) >= 11 is 0. The van der Waals surface area contributed by atoms with Crippen LogP contribution >= 0.6 is 0 Å². The van der Waals surface area contributed by atoms with E-state index >= 15 is 0 Å². The van der Waals surface area contributed by atoms with E-state index in [1.165, 1.54) is 25.7 Å². The van der Waals surface area contributed by atoms with Gasteiger partial charge in [-0.3, -0.25) is 0 Å². The maximum absolute atomic E-state index is 9.28. The summed E-state index contributed by atoms with van der Waals surface area (Å²) in [6, 6.07) is 0. The van der Waals surface area contributed by atoms with Crippen molar-refractivity contribution >= 4 is 0 Å². The fraction of sp³-hybridized carbons (Fsp3) is 0.692. The zero-order chi connectivity index (χ0) is 9.97. The summed E-state index contributed by atoms with van der Waals surface area (Å²) in [7, 11) is 0. The molecule has 0 radical (unpaired) electrons. The molecule has 0 aliphatic heterocycles. The lowest BCUT2D eigenvalue weighted by atomic mass is 9.77. The first-order valence-electron chi connectivity index (χ1n) is 5.84. The Morgan fingerprint density at radius 2 is 1.79 bits per heavy atom. The van der Waals surface area contributed by atoms with Gasteiger partial charge in [-0.2, -0.15) is 0 Å². The van der Waals surface area contributed by atoms with Crippen LogP contribution in [0.4, 0.5) is 0 Å². The van der Waals surface area contributed by atoms with E-state index < -0.39 is 0 Å². The average molecular weight is 192 g/mol. The predicted molar refractivity (Wildman–Crippen MR) is 59.2 cm³/mol. The summed E-state index contributed by atoms with van der Waals surface area (Å²) in [6.07, 6.45) is 11.5. The molecule has 0 atom stereocenters. The minimum atomic E-state index is 0.554. The van der Waals surface area contributed by atoms with Gasteiger partial charge in [0.1, 0.15) is 0 Å². The standard InChI is InChI=1S/C13H20O/c1-10-2-4-11(5-3-10)12-6-8-13(14)9-7-12/h6,8,10-11,14H,2-5,7,9H2,1H3. The molecule has 1 nitrogen and oxygen atoms in total. The largest absolute Gasteiger partial charge is 0.512 e. The fourth-order valence-corrected chi connectivity index (χ4v) is 2.61. The van der Waals surface area contributed by atoms with Crippen molar-refractivity contribution in [1.82, 2.24) is 0 Å². The third-order valence-electron chi connectivity index (χ3n) is 3.70. The summed E-state index contributed by atoms with van der Waals surface area (Å²) in [5.41, 5.74) is 1.58. The SMILES string of the molecule is CC1CCC(C2=CC=C(O)CC2)CC1. The van der Waals surface area contributed by atoms with Gasteiger partial charge in [0.15, 0.2) is 0 Å². The fourth-order valence-electron chi connectivity index (χ4n) is 2.61. The first kappa shape index (κ1) is 9.82. The summed E-state index contributed by atoms with van der Waals surface area (Å²) in [5, 5.41) is 9.28. The maximum atomic E-state index is 9.28. The van der Waals surface area contributed by atoms with E-state index in [2.05, 4.69) is 13.0 Å². The van der Waals surface area contributed by atoms with E-state index in [0.29, 0.717) is 5.76 Å². The van der Waals surface area contributed by atoms with Crippen LogP contribution in [-0.4, -0.2) is 5.11 Å². The summed E-state index contributed by atoms with van der Waals surface area (Å²) in [4.78, 5) is 0. The minimum absolute atomic E-state index is 0.554. The number of hydrogen-bond donors (Lipinski definition) is 1. The number of aliphatic hydroxyl groups excluding tert-OH is 1. The van der Waals surface area contributed by atoms with Crippen LogP contribution in [-0.2, 0) is 0 Å². The Balaban J connectivity index is 1.96. The van der Waals surface area contributed by atoms with Crippen molar-refractivity contribution < 1.29 is 5.11 Å². The van der Waals surface area contributed by atoms with Gasteiger partial charge in [0.05, 0.1) is 5.76 Å². The van der Waals surface area contributed by atoms with Crippen LogP contribution in [0.25, 0.3) is 0 Å². The molecule has 1 N–H and O–H groups in total. The second kappa shape index (κ2) is 4.20. The van der Waals surface area contributed by atoms with Crippen LogP contribution in [0.2, 0.25) is 0 Å². The lowest BCUT2D eigenvalue weighted by Gasteiger charge is -2.29. The molecule has 14 heavy (non-hydrogen) atoms. The van der Waals surface area contributed by atoms with E-state index in [-0.39, 0.29) is 0 Å². The highest BCUT2D eigenvalue weighted by atomic mass is 16.3. The molecule has 0 aromatic heterocycles. The van der Waals surface area contributed by atoms with Crippen LogP contribution in [0.3, 0.4) is 0 Å². The minimum Gasteiger partial charge on any atom is -0.512 e. The van der Waals surface area contributed by atoms with Crippen molar-refractivity contribution in [2.24, 2.45) is 11.8 Å². The van der Waals surface area contributed by atoms with Crippen molar-refractivity contribution in [2.75, 3.05) is 0 Å². The molecule has 2 aliphatic rings. The van der Waals surface area contributed by atoms with Gasteiger partial charge >= 0.3 is 0 Å². The molecule has 0 bridgehead atoms. The van der Waals surface area contributed by atoms with E-state index in [4.69, 9.17) is 0 Å². The van der Waals surface area contributed by atoms with E-state index in [9.17, 15) is 5.11 Å². The molecule has 1 heteroatoms. The maximum Gasteiger partial charge on any atom is 0.0925 e. The van der Waals surface area contributed by atoms with Gasteiger partial charge in [-0.15, -0.1) is 0 Å². The van der Waals surface area contributed by atoms with Gasteiger partial charge in [0.25, 0.3) is 0 Å². The van der Waals surface area contributed by atoms with Gasteiger partial charge in [-0.25, -0.2) is 0 Å². The Morgan fingerprint density at radius 1 is 1.07 bits per heavy atom. The number of allylic oxidation sites excluding steroid dienone is 4. The monoisotopic (exact) mass is 192 g/mol. The van der Waals surface area contributed by atoms with Crippen LogP contribution in [0.1, 0.15) is 45.4 Å². The lowest BCUT2D eigenvalue weighted by Crippen LogP contribution is -2.15. The molecule has 0 unspecified atom stereocenters. The molecule has 0 amide bonds. The molecule has 0 saturated heterocycles. The van der Waals surface area contributed by atoms with E-state index in [0.717, 1.165) is 24.7 Å². The highest BCUT2D eigenvalue weighted by Crippen LogP contribution is 2.36. The topological polar surface area (TPSA) is 20.2 Å². The normalized spacial score (nSPS) is 33.5. The predicted octanol–water partition coefficient (Wildman–Crippen LogP) is 3.97. The molecule has 0 aromatic rings. The van der Waals surface area contributed by atoms with Crippen molar-refractivity contribution in [2.45, 2.75) is 45.4 Å². The number of rotatable bonds is 1. The van der Waals surface area contributed by atoms with Gasteiger partial charge in [0.2, 0.25) is 0 Å². The Kier molecular flexibility index (Phi) is 2.95. The Hall–Kier alpha value is -0.720. The molecule has 0 aromatic carbocycles. The number of hydrogen-bond acceptors (Lipinski definition) is 1. The molecule has 0 spiro atoms. The second-order valence-electron chi connectivity index (χ2n) is 4.86. The van der Waals surface area contributed by atoms with Crippen LogP contribution < -0.4 is 0 Å². The molecule has 2 aliphatic carbocycles. The van der Waals surface area contributed by atoms with Gasteiger partial charge in [-0.1, -0.05) is 31.4 Å². The Morgan fingerprint density at radius 3 is 2.36 bits per heavy atom. The third-order valence-corrected chi connectivity index (χ3v) is 3.70. The van der Waals surface area contributed by atoms with E-state index in [1.54, 1.807) is 5.57 Å². The molecule has 1 fully saturated rings. The van der Waals surface area contributed by atoms with Crippen molar-refractivity contribution in [3.63, 3.8) is 0 Å². The van der Waals surface area contributed by atoms with Crippen LogP contribution in [0.15, 0.2) is 23.5 Å². The highest BCUT2D eigenvalue weighted by molar-refractivity contribution is 5.22. The Bertz CT molecular complexity index is 254. The quantitative estimate of drug-likeness (QED) is 0.666. The average Bonchev–Trinajstić information content (AvgIpc) is 2.21. The molecular weight excluding hydrogens is 172 g/mol. The lowest BCUT2D eigenvalue weighted by molar-refractivity contribution is 0.310. The van der Waals surface area contributed by atoms with Crippen molar-refractivity contribution in [3.8, 4) is 0 Å². The smallest absolute Gasteiger partial charge is 0.0925 e. The molecular formula is C13H20O. The summed E-state index contributed by atoms with van der Waals surface area (Å²) in [6.45, 7) is 2.36. The third kappa shape index (κ3) is 2.20. The summed E-state index contributed by atoms with van der Waals surface area (Å²) in [5.74, 6) is 2.30. The zero-order valence-electron chi connectivity index (χ0n) is 9.00. The first-order valence-corrected chi connectivity index (χ1v) is 5.84. The molecule has 0 heterocycles. The molecule has 78 valence electrons. The number of aliphatic hydroxyl groups is 1. The first-order chi connectivity index (χ1) is 6.75. The Labute approximate surface area is 86.5 Å². The van der Waals surface area contributed by atoms with Gasteiger partial charge in [-0.05, 0) is 37.2 Å².